The van der Waals surface area contributed by atoms with Gasteiger partial charge in [-0.3, -0.25) is 0 Å². The molecule has 7 heteroatoms. The second-order valence-electron chi connectivity index (χ2n) is 3.90. The molecule has 0 heterocycles. The standard InChI is InChI=1S/C13H8Cl2O4S/c14-8-1-3-9(4-2-8)20(18,19)10-5-6-11(13(16)17)12(15)7-10/h1-7H,(H,16,17). The lowest BCUT2D eigenvalue weighted by molar-refractivity contribution is 0.0697. The van der Waals surface area contributed by atoms with Crippen LogP contribution in [0.4, 0.5) is 0 Å². The summed E-state index contributed by atoms with van der Waals surface area (Å²) in [5.74, 6) is -1.22. The average molecular weight is 331 g/mol. The molecular formula is C13H8Cl2O4S. The zero-order valence-electron chi connectivity index (χ0n) is 9.88. The van der Waals surface area contributed by atoms with Crippen LogP contribution >= 0.6 is 23.2 Å². The molecule has 0 aliphatic rings. The summed E-state index contributed by atoms with van der Waals surface area (Å²) in [6.45, 7) is 0. The fourth-order valence-electron chi connectivity index (χ4n) is 1.59. The maximum atomic E-state index is 12.3. The fourth-order valence-corrected chi connectivity index (χ4v) is 3.33. The molecule has 4 nitrogen and oxygen atoms in total. The van der Waals surface area contributed by atoms with Gasteiger partial charge >= 0.3 is 5.97 Å². The molecule has 2 aromatic carbocycles. The largest absolute Gasteiger partial charge is 0.478 e. The van der Waals surface area contributed by atoms with E-state index in [1.165, 1.54) is 30.3 Å². The summed E-state index contributed by atoms with van der Waals surface area (Å²) in [4.78, 5) is 10.8. The van der Waals surface area contributed by atoms with E-state index >= 15 is 0 Å². The second-order valence-corrected chi connectivity index (χ2v) is 6.70. The van der Waals surface area contributed by atoms with E-state index < -0.39 is 15.8 Å². The third kappa shape index (κ3) is 2.80. The fraction of sp³-hybridized carbons (Fsp3) is 0. The lowest BCUT2D eigenvalue weighted by atomic mass is 10.2. The van der Waals surface area contributed by atoms with Crippen molar-refractivity contribution in [1.82, 2.24) is 0 Å². The Morgan fingerprint density at radius 1 is 0.950 bits per heavy atom. The molecule has 0 spiro atoms. The van der Waals surface area contributed by atoms with Gasteiger partial charge in [-0.25, -0.2) is 13.2 Å². The minimum absolute atomic E-state index is 0.0565. The van der Waals surface area contributed by atoms with E-state index in [9.17, 15) is 13.2 Å². The Hall–Kier alpha value is -1.56. The maximum Gasteiger partial charge on any atom is 0.337 e. The summed E-state index contributed by atoms with van der Waals surface area (Å²) in [5.41, 5.74) is -0.151. The number of sulfone groups is 1. The molecule has 0 unspecified atom stereocenters. The number of aromatic carboxylic acids is 1. The number of hydrogen-bond donors (Lipinski definition) is 1. The van der Waals surface area contributed by atoms with Crippen molar-refractivity contribution in [2.75, 3.05) is 0 Å². The molecule has 20 heavy (non-hydrogen) atoms. The van der Waals surface area contributed by atoms with Gasteiger partial charge in [-0.05, 0) is 42.5 Å². The van der Waals surface area contributed by atoms with Gasteiger partial charge in [0.25, 0.3) is 0 Å². The molecule has 0 aliphatic carbocycles. The van der Waals surface area contributed by atoms with Crippen LogP contribution < -0.4 is 0 Å². The van der Waals surface area contributed by atoms with E-state index in [4.69, 9.17) is 28.3 Å². The number of carbonyl (C=O) groups is 1. The maximum absolute atomic E-state index is 12.3. The van der Waals surface area contributed by atoms with Crippen LogP contribution in [0.15, 0.2) is 52.3 Å². The summed E-state index contributed by atoms with van der Waals surface area (Å²) in [6, 6.07) is 9.15. The van der Waals surface area contributed by atoms with E-state index in [2.05, 4.69) is 0 Å². The lowest BCUT2D eigenvalue weighted by Crippen LogP contribution is -2.04. The van der Waals surface area contributed by atoms with Gasteiger partial charge in [0.1, 0.15) is 0 Å². The molecule has 0 saturated carbocycles. The number of benzene rings is 2. The first kappa shape index (κ1) is 14.8. The molecular weight excluding hydrogens is 323 g/mol. The molecule has 0 atom stereocenters. The van der Waals surface area contributed by atoms with Crippen LogP contribution in [0.1, 0.15) is 10.4 Å². The Bertz CT molecular complexity index is 767. The molecule has 0 amide bonds. The van der Waals surface area contributed by atoms with Crippen molar-refractivity contribution in [3.8, 4) is 0 Å². The molecule has 0 fully saturated rings. The van der Waals surface area contributed by atoms with Crippen molar-refractivity contribution >= 4 is 39.0 Å². The zero-order valence-corrected chi connectivity index (χ0v) is 12.2. The highest BCUT2D eigenvalue weighted by atomic mass is 35.5. The van der Waals surface area contributed by atoms with Gasteiger partial charge in [0.2, 0.25) is 9.84 Å². The number of hydrogen-bond acceptors (Lipinski definition) is 3. The van der Waals surface area contributed by atoms with E-state index in [1.54, 1.807) is 0 Å². The quantitative estimate of drug-likeness (QED) is 0.934. The molecule has 2 aromatic rings. The number of halogens is 2. The Morgan fingerprint density at radius 2 is 1.50 bits per heavy atom. The Morgan fingerprint density at radius 3 is 2.00 bits per heavy atom. The van der Waals surface area contributed by atoms with Crippen LogP contribution in [-0.2, 0) is 9.84 Å². The molecule has 0 radical (unpaired) electrons. The summed E-state index contributed by atoms with van der Waals surface area (Å²) in [5, 5.41) is 9.15. The van der Waals surface area contributed by atoms with Crippen molar-refractivity contribution in [2.24, 2.45) is 0 Å². The van der Waals surface area contributed by atoms with Gasteiger partial charge < -0.3 is 5.11 Å². The first-order valence-corrected chi connectivity index (χ1v) is 7.60. The van der Waals surface area contributed by atoms with E-state index in [1.807, 2.05) is 0 Å². The van der Waals surface area contributed by atoms with E-state index in [0.717, 1.165) is 12.1 Å². The number of carboxylic acid groups (broad SMARTS) is 1. The highest BCUT2D eigenvalue weighted by Gasteiger charge is 2.20. The molecule has 0 aliphatic heterocycles. The van der Waals surface area contributed by atoms with Crippen molar-refractivity contribution in [1.29, 1.82) is 0 Å². The van der Waals surface area contributed by atoms with Gasteiger partial charge in [0, 0.05) is 5.02 Å². The molecule has 0 bridgehead atoms. The monoisotopic (exact) mass is 330 g/mol. The zero-order chi connectivity index (χ0) is 14.9. The van der Waals surface area contributed by atoms with Gasteiger partial charge in [-0.15, -0.1) is 0 Å². The predicted molar refractivity (Wildman–Crippen MR) is 75.3 cm³/mol. The molecule has 2 rings (SSSR count). The Balaban J connectivity index is 2.52. The average Bonchev–Trinajstić information content (AvgIpc) is 2.38. The van der Waals surface area contributed by atoms with Crippen LogP contribution in [0.3, 0.4) is 0 Å². The van der Waals surface area contributed by atoms with Crippen molar-refractivity contribution in [3.05, 3.63) is 58.1 Å². The van der Waals surface area contributed by atoms with Crippen molar-refractivity contribution in [2.45, 2.75) is 9.79 Å². The number of rotatable bonds is 3. The molecule has 1 N–H and O–H groups in total. The third-order valence-corrected chi connectivity index (χ3v) is 4.94. The Kier molecular flexibility index (Phi) is 4.04. The second kappa shape index (κ2) is 5.44. The number of carboxylic acids is 1. The summed E-state index contributed by atoms with van der Waals surface area (Å²) in [6.07, 6.45) is 0. The highest BCUT2D eigenvalue weighted by Crippen LogP contribution is 2.26. The van der Waals surface area contributed by atoms with Crippen LogP contribution in [-0.4, -0.2) is 19.5 Å². The third-order valence-electron chi connectivity index (χ3n) is 2.61. The van der Waals surface area contributed by atoms with Crippen molar-refractivity contribution in [3.63, 3.8) is 0 Å². The predicted octanol–water partition coefficient (Wildman–Crippen LogP) is 3.52. The minimum Gasteiger partial charge on any atom is -0.478 e. The summed E-state index contributed by atoms with van der Waals surface area (Å²) >= 11 is 11.5. The van der Waals surface area contributed by atoms with Gasteiger partial charge in [0.05, 0.1) is 20.4 Å². The van der Waals surface area contributed by atoms with Crippen LogP contribution in [0.2, 0.25) is 10.0 Å². The first-order valence-electron chi connectivity index (χ1n) is 5.36. The molecule has 0 saturated heterocycles. The topological polar surface area (TPSA) is 71.4 Å². The Labute approximate surface area is 125 Å². The minimum atomic E-state index is -3.76. The van der Waals surface area contributed by atoms with Gasteiger partial charge in [-0.2, -0.15) is 0 Å². The smallest absolute Gasteiger partial charge is 0.337 e. The van der Waals surface area contributed by atoms with Crippen LogP contribution in [0, 0.1) is 0 Å². The van der Waals surface area contributed by atoms with Crippen molar-refractivity contribution < 1.29 is 18.3 Å². The molecule has 0 aromatic heterocycles. The summed E-state index contributed by atoms with van der Waals surface area (Å²) < 4.78 is 24.7. The SMILES string of the molecule is O=C(O)c1ccc(S(=O)(=O)c2ccc(Cl)cc2)cc1Cl. The van der Waals surface area contributed by atoms with Crippen LogP contribution in [0.5, 0.6) is 0 Å². The van der Waals surface area contributed by atoms with Gasteiger partial charge in [-0.1, -0.05) is 23.2 Å². The van der Waals surface area contributed by atoms with Crippen LogP contribution in [0.25, 0.3) is 0 Å². The van der Waals surface area contributed by atoms with E-state index in [0.29, 0.717) is 5.02 Å². The summed E-state index contributed by atoms with van der Waals surface area (Å²) in [7, 11) is -3.76. The van der Waals surface area contributed by atoms with Gasteiger partial charge in [0.15, 0.2) is 0 Å². The van der Waals surface area contributed by atoms with E-state index in [-0.39, 0.29) is 20.4 Å². The molecule has 104 valence electrons. The first-order chi connectivity index (χ1) is 9.32. The lowest BCUT2D eigenvalue weighted by Gasteiger charge is -2.06. The normalized spacial score (nSPS) is 11.3. The highest BCUT2D eigenvalue weighted by molar-refractivity contribution is 7.91.